The van der Waals surface area contributed by atoms with Crippen molar-refractivity contribution in [2.45, 2.75) is 30.5 Å². The second kappa shape index (κ2) is 8.48. The lowest BCUT2D eigenvalue weighted by Crippen LogP contribution is -2.48. The van der Waals surface area contributed by atoms with E-state index in [9.17, 15) is 36.2 Å². The number of hydrogen-bond acceptors (Lipinski definition) is 6. The molecule has 8 nitrogen and oxygen atoms in total. The first-order valence-electron chi connectivity index (χ1n) is 11.9. The van der Waals surface area contributed by atoms with Crippen LogP contribution in [0.4, 0.5) is 48.3 Å². The van der Waals surface area contributed by atoms with Gasteiger partial charge in [0.2, 0.25) is 5.66 Å². The van der Waals surface area contributed by atoms with Gasteiger partial charge in [0.05, 0.1) is 23.0 Å². The number of benzene rings is 2. The third-order valence-corrected chi connectivity index (χ3v) is 7.06. The van der Waals surface area contributed by atoms with Crippen LogP contribution < -0.4 is 26.0 Å². The van der Waals surface area contributed by atoms with E-state index in [4.69, 9.17) is 0 Å². The van der Waals surface area contributed by atoms with Crippen molar-refractivity contribution < 1.29 is 36.2 Å². The van der Waals surface area contributed by atoms with E-state index in [1.54, 1.807) is 6.07 Å². The summed E-state index contributed by atoms with van der Waals surface area (Å²) < 4.78 is 80.5. The fourth-order valence-corrected chi connectivity index (χ4v) is 5.08. The number of phenols is 1. The number of carbonyl (C=O) groups is 1. The van der Waals surface area contributed by atoms with Crippen LogP contribution in [0.5, 0.6) is 5.75 Å². The number of aromatic hydroxyl groups is 1. The number of nitrogens with one attached hydrogen (secondary N) is 3. The second-order valence-corrected chi connectivity index (χ2v) is 9.57. The first-order valence-corrected chi connectivity index (χ1v) is 11.9. The number of pyridine rings is 1. The number of nitrogens with zero attached hydrogens (tertiary/aromatic N) is 3. The second-order valence-electron chi connectivity index (χ2n) is 9.57. The molecule has 0 unspecified atom stereocenters. The standard InChI is InChI=1S/C25H20F6N6O2/c26-24(27,28)15-8-13(9-18(38)11-15)19-4-5-20-21(33-19)37(17-6-7-36(20)12-17)22(39)32-16-3-1-2-14(10-16)23(34-35-23)25(29,30)31/h1-5,8-11,17,34-35,38H,6-7,12H2,(H,32,39)/t17-/m0/s1. The van der Waals surface area contributed by atoms with Crippen molar-refractivity contribution in [2.75, 3.05) is 28.2 Å². The molecule has 3 aromatic rings. The van der Waals surface area contributed by atoms with Gasteiger partial charge in [0, 0.05) is 29.9 Å². The van der Waals surface area contributed by atoms with Crippen LogP contribution >= 0.6 is 0 Å². The lowest BCUT2D eigenvalue weighted by atomic mass is 10.0. The molecule has 0 spiro atoms. The molecule has 6 rings (SSSR count). The minimum atomic E-state index is -4.69. The number of amides is 2. The van der Waals surface area contributed by atoms with Crippen LogP contribution in [-0.4, -0.2) is 41.4 Å². The zero-order valence-electron chi connectivity index (χ0n) is 19.9. The van der Waals surface area contributed by atoms with Crippen LogP contribution in [0.25, 0.3) is 11.3 Å². The third kappa shape index (κ3) is 4.29. The molecule has 2 saturated heterocycles. The fraction of sp³-hybridized carbons (Fsp3) is 0.280. The summed E-state index contributed by atoms with van der Waals surface area (Å²) >= 11 is 0. The highest BCUT2D eigenvalue weighted by Gasteiger charge is 2.65. The number of fused-ring (bicyclic) bond motifs is 4. The minimum absolute atomic E-state index is 0.00740. The average Bonchev–Trinajstić information content (AvgIpc) is 3.60. The van der Waals surface area contributed by atoms with Gasteiger partial charge in [0.1, 0.15) is 5.75 Å². The molecule has 0 saturated carbocycles. The summed E-state index contributed by atoms with van der Waals surface area (Å²) in [5, 5.41) is 12.5. The molecule has 2 bridgehead atoms. The Bertz CT molecular complexity index is 1470. The fourth-order valence-electron chi connectivity index (χ4n) is 5.08. The molecule has 2 aromatic carbocycles. The van der Waals surface area contributed by atoms with E-state index < -0.39 is 35.4 Å². The molecule has 14 heteroatoms. The summed E-state index contributed by atoms with van der Waals surface area (Å²) in [6.07, 6.45) is -8.72. The molecular weight excluding hydrogens is 530 g/mol. The highest BCUT2D eigenvalue weighted by molar-refractivity contribution is 6.04. The van der Waals surface area contributed by atoms with Gasteiger partial charge in [0.15, 0.2) is 5.82 Å². The van der Waals surface area contributed by atoms with Crippen LogP contribution in [0.3, 0.4) is 0 Å². The van der Waals surface area contributed by atoms with E-state index in [-0.39, 0.29) is 34.4 Å². The summed E-state index contributed by atoms with van der Waals surface area (Å²) in [6.45, 7) is 1.12. The maximum Gasteiger partial charge on any atom is 0.426 e. The molecule has 0 radical (unpaired) electrons. The normalized spacial score (nSPS) is 19.6. The molecule has 0 aliphatic carbocycles. The molecule has 1 aromatic heterocycles. The maximum atomic E-state index is 13.5. The third-order valence-electron chi connectivity index (χ3n) is 7.06. The van der Waals surface area contributed by atoms with Gasteiger partial charge in [0.25, 0.3) is 0 Å². The van der Waals surface area contributed by atoms with Crippen molar-refractivity contribution in [3.05, 3.63) is 65.7 Å². The van der Waals surface area contributed by atoms with E-state index >= 15 is 0 Å². The highest BCUT2D eigenvalue weighted by atomic mass is 19.4. The van der Waals surface area contributed by atoms with E-state index in [1.807, 2.05) is 4.90 Å². The first-order chi connectivity index (χ1) is 18.4. The first kappa shape index (κ1) is 25.2. The highest BCUT2D eigenvalue weighted by Crippen LogP contribution is 2.44. The number of carbonyl (C=O) groups excluding carboxylic acids is 1. The number of alkyl halides is 6. The summed E-state index contributed by atoms with van der Waals surface area (Å²) in [4.78, 5) is 21.4. The van der Waals surface area contributed by atoms with Crippen molar-refractivity contribution in [3.63, 3.8) is 0 Å². The molecule has 3 aliphatic rings. The largest absolute Gasteiger partial charge is 0.508 e. The van der Waals surface area contributed by atoms with Crippen LogP contribution in [0.1, 0.15) is 17.5 Å². The van der Waals surface area contributed by atoms with Crippen molar-refractivity contribution in [1.29, 1.82) is 0 Å². The average molecular weight is 550 g/mol. The predicted octanol–water partition coefficient (Wildman–Crippen LogP) is 4.93. The van der Waals surface area contributed by atoms with Gasteiger partial charge in [-0.1, -0.05) is 12.1 Å². The molecule has 39 heavy (non-hydrogen) atoms. The summed E-state index contributed by atoms with van der Waals surface area (Å²) in [7, 11) is 0. The van der Waals surface area contributed by atoms with Crippen molar-refractivity contribution in [3.8, 4) is 17.0 Å². The van der Waals surface area contributed by atoms with Crippen LogP contribution in [0, 0.1) is 0 Å². The Morgan fingerprint density at radius 1 is 1.05 bits per heavy atom. The molecule has 204 valence electrons. The Balaban J connectivity index is 1.34. The zero-order chi connectivity index (χ0) is 27.7. The number of aromatic nitrogens is 1. The number of urea groups is 1. The number of anilines is 3. The molecule has 2 fully saturated rings. The number of rotatable bonds is 3. The van der Waals surface area contributed by atoms with Gasteiger partial charge in [-0.05, 0) is 48.9 Å². The molecule has 2 amide bonds. The van der Waals surface area contributed by atoms with E-state index in [2.05, 4.69) is 21.2 Å². The Morgan fingerprint density at radius 2 is 1.82 bits per heavy atom. The van der Waals surface area contributed by atoms with Crippen LogP contribution in [0.15, 0.2) is 54.6 Å². The number of halogens is 6. The van der Waals surface area contributed by atoms with Gasteiger partial charge in [-0.15, -0.1) is 0 Å². The number of hydrogen-bond donors (Lipinski definition) is 4. The van der Waals surface area contributed by atoms with Gasteiger partial charge in [-0.25, -0.2) is 20.6 Å². The summed E-state index contributed by atoms with van der Waals surface area (Å²) in [6, 6.07) is 10.1. The smallest absolute Gasteiger partial charge is 0.426 e. The molecule has 1 atom stereocenters. The Labute approximate surface area is 217 Å². The molecular formula is C25H20F6N6O2. The zero-order valence-corrected chi connectivity index (χ0v) is 19.9. The predicted molar refractivity (Wildman–Crippen MR) is 129 cm³/mol. The van der Waals surface area contributed by atoms with Crippen molar-refractivity contribution >= 4 is 23.2 Å². The van der Waals surface area contributed by atoms with Gasteiger partial charge >= 0.3 is 18.4 Å². The van der Waals surface area contributed by atoms with E-state index in [0.29, 0.717) is 31.3 Å². The lowest BCUT2D eigenvalue weighted by Gasteiger charge is -2.36. The van der Waals surface area contributed by atoms with Crippen molar-refractivity contribution in [1.82, 2.24) is 15.8 Å². The van der Waals surface area contributed by atoms with Crippen molar-refractivity contribution in [2.24, 2.45) is 0 Å². The van der Waals surface area contributed by atoms with E-state index in [1.165, 1.54) is 35.2 Å². The summed E-state index contributed by atoms with van der Waals surface area (Å²) in [5.41, 5.74) is 1.49. The summed E-state index contributed by atoms with van der Waals surface area (Å²) in [5.74, 6) is -0.391. The topological polar surface area (TPSA) is 113 Å². The lowest BCUT2D eigenvalue weighted by molar-refractivity contribution is -0.165. The van der Waals surface area contributed by atoms with Crippen LogP contribution in [0.2, 0.25) is 0 Å². The quantitative estimate of drug-likeness (QED) is 0.272. The Hall–Kier alpha value is -4.04. The van der Waals surface area contributed by atoms with Gasteiger partial charge < -0.3 is 15.3 Å². The Morgan fingerprint density at radius 3 is 2.51 bits per heavy atom. The number of phenolic OH excluding ortho intramolecular Hbond substituents is 1. The molecule has 4 heterocycles. The van der Waals surface area contributed by atoms with Gasteiger partial charge in [-0.3, -0.25) is 4.90 Å². The maximum absolute atomic E-state index is 13.5. The molecule has 3 aliphatic heterocycles. The Kier molecular flexibility index (Phi) is 5.49. The van der Waals surface area contributed by atoms with Crippen LogP contribution in [-0.2, 0) is 11.8 Å². The van der Waals surface area contributed by atoms with E-state index in [0.717, 1.165) is 12.1 Å². The molecule has 4 N–H and O–H groups in total. The monoisotopic (exact) mass is 550 g/mol. The minimum Gasteiger partial charge on any atom is -0.508 e. The number of hydrazine groups is 1. The van der Waals surface area contributed by atoms with Gasteiger partial charge in [-0.2, -0.15) is 26.3 Å². The SMILES string of the molecule is O=C(Nc1cccc(C2(C(F)(F)F)NN2)c1)N1c2nc(-c3cc(O)cc(C(F)(F)F)c3)ccc2N2CC[C@H]1C2.